The van der Waals surface area contributed by atoms with E-state index in [1.165, 1.54) is 12.3 Å². The van der Waals surface area contributed by atoms with Crippen LogP contribution in [0.5, 0.6) is 0 Å². The van der Waals surface area contributed by atoms with Gasteiger partial charge in [0.1, 0.15) is 12.4 Å². The molecule has 0 radical (unpaired) electrons. The van der Waals surface area contributed by atoms with Crippen molar-refractivity contribution in [2.24, 2.45) is 5.10 Å². The number of carboxylic acids is 1. The molecule has 0 aromatic heterocycles. The number of hydrogen-bond donors (Lipinski definition) is 2. The van der Waals surface area contributed by atoms with E-state index in [2.05, 4.69) is 17.1 Å². The summed E-state index contributed by atoms with van der Waals surface area (Å²) in [4.78, 5) is 20.8. The fraction of sp³-hybridized carbons (Fsp3) is 0.267. The van der Waals surface area contributed by atoms with Gasteiger partial charge < -0.3 is 9.84 Å². The van der Waals surface area contributed by atoms with Crippen LogP contribution in [-0.2, 0) is 14.3 Å². The first-order chi connectivity index (χ1) is 10.1. The molecule has 0 fully saturated rings. The number of nitrogens with one attached hydrogen (secondary N) is 1. The molecule has 0 aromatic carbocycles. The normalized spacial score (nSPS) is 12.7. The summed E-state index contributed by atoms with van der Waals surface area (Å²) in [5, 5.41) is 12.4. The number of carbonyl (C=O) groups excluding carboxylic acids is 1. The van der Waals surface area contributed by atoms with E-state index in [0.717, 1.165) is 0 Å². The van der Waals surface area contributed by atoms with Crippen molar-refractivity contribution in [1.82, 2.24) is 5.43 Å². The number of amides is 1. The van der Waals surface area contributed by atoms with Crippen molar-refractivity contribution < 1.29 is 19.4 Å². The van der Waals surface area contributed by atoms with Crippen molar-refractivity contribution in [3.8, 4) is 0 Å². The van der Waals surface area contributed by atoms with Crippen molar-refractivity contribution in [2.45, 2.75) is 20.3 Å². The van der Waals surface area contributed by atoms with Crippen LogP contribution in [0.15, 0.2) is 52.9 Å². The van der Waals surface area contributed by atoms with Crippen LogP contribution >= 0.6 is 0 Å². The van der Waals surface area contributed by atoms with Gasteiger partial charge in [0.15, 0.2) is 0 Å². The van der Waals surface area contributed by atoms with Crippen molar-refractivity contribution in [3.05, 3.63) is 47.8 Å². The highest BCUT2D eigenvalue weighted by molar-refractivity contribution is 5.86. The van der Waals surface area contributed by atoms with E-state index < -0.39 is 5.97 Å². The van der Waals surface area contributed by atoms with E-state index in [1.54, 1.807) is 32.1 Å². The number of nitrogens with zero attached hydrogens (tertiary/aromatic N) is 1. The molecule has 2 N–H and O–H groups in total. The molecule has 0 rings (SSSR count). The highest BCUT2D eigenvalue weighted by Gasteiger charge is 2.02. The summed E-state index contributed by atoms with van der Waals surface area (Å²) in [5.74, 6) is -0.389. The van der Waals surface area contributed by atoms with Gasteiger partial charge in [-0.25, -0.2) is 10.2 Å². The monoisotopic (exact) mass is 292 g/mol. The van der Waals surface area contributed by atoms with Crippen LogP contribution in [0.2, 0.25) is 0 Å². The van der Waals surface area contributed by atoms with E-state index in [1.807, 2.05) is 0 Å². The molecule has 0 saturated carbocycles. The first kappa shape index (κ1) is 18.4. The Morgan fingerprint density at radius 2 is 2.19 bits per heavy atom. The molecule has 6 nitrogen and oxygen atoms in total. The van der Waals surface area contributed by atoms with Crippen LogP contribution < -0.4 is 5.43 Å². The van der Waals surface area contributed by atoms with Gasteiger partial charge >= 0.3 is 5.97 Å². The minimum Gasteiger partial charge on any atom is -0.488 e. The van der Waals surface area contributed by atoms with E-state index in [-0.39, 0.29) is 6.61 Å². The summed E-state index contributed by atoms with van der Waals surface area (Å²) in [5.41, 5.74) is 3.04. The third-order valence-electron chi connectivity index (χ3n) is 2.36. The van der Waals surface area contributed by atoms with E-state index in [0.29, 0.717) is 29.7 Å². The number of aliphatic carboxylic acids is 1. The summed E-state index contributed by atoms with van der Waals surface area (Å²) >= 11 is 0. The summed E-state index contributed by atoms with van der Waals surface area (Å²) in [6.07, 6.45) is 8.83. The molecule has 0 aromatic rings. The van der Waals surface area contributed by atoms with Crippen LogP contribution in [0, 0.1) is 0 Å². The Labute approximate surface area is 124 Å². The molecule has 0 heterocycles. The largest absolute Gasteiger partial charge is 0.488 e. The number of hydrazone groups is 1. The minimum atomic E-state index is -0.936. The van der Waals surface area contributed by atoms with Gasteiger partial charge in [0.2, 0.25) is 6.41 Å². The molecule has 1 amide bonds. The zero-order valence-corrected chi connectivity index (χ0v) is 12.2. The average molecular weight is 292 g/mol. The van der Waals surface area contributed by atoms with Crippen molar-refractivity contribution >= 4 is 18.6 Å². The minimum absolute atomic E-state index is 0.179. The van der Waals surface area contributed by atoms with Crippen molar-refractivity contribution in [2.75, 3.05) is 6.61 Å². The van der Waals surface area contributed by atoms with Crippen LogP contribution in [0.4, 0.5) is 0 Å². The highest BCUT2D eigenvalue weighted by atomic mass is 16.5. The van der Waals surface area contributed by atoms with Gasteiger partial charge in [0, 0.05) is 11.1 Å². The third kappa shape index (κ3) is 8.20. The second-order valence-corrected chi connectivity index (χ2v) is 3.76. The van der Waals surface area contributed by atoms with Crippen LogP contribution in [0.25, 0.3) is 0 Å². The van der Waals surface area contributed by atoms with Gasteiger partial charge in [0.05, 0.1) is 6.21 Å². The van der Waals surface area contributed by atoms with Gasteiger partial charge in [-0.05, 0) is 19.4 Å². The molecule has 0 atom stereocenters. The van der Waals surface area contributed by atoms with Gasteiger partial charge in [-0.1, -0.05) is 31.7 Å². The number of rotatable bonds is 10. The molecule has 0 bridgehead atoms. The second-order valence-electron chi connectivity index (χ2n) is 3.76. The predicted molar refractivity (Wildman–Crippen MR) is 81.7 cm³/mol. The second kappa shape index (κ2) is 11.2. The lowest BCUT2D eigenvalue weighted by atomic mass is 10.1. The maximum absolute atomic E-state index is 10.8. The molecule has 0 spiro atoms. The van der Waals surface area contributed by atoms with E-state index in [9.17, 15) is 9.59 Å². The number of allylic oxidation sites excluding steroid dienone is 4. The van der Waals surface area contributed by atoms with E-state index in [4.69, 9.17) is 9.84 Å². The van der Waals surface area contributed by atoms with Gasteiger partial charge in [-0.15, -0.1) is 0 Å². The Bertz CT molecular complexity index is 488. The smallest absolute Gasteiger partial charge is 0.331 e. The Kier molecular flexibility index (Phi) is 9.81. The lowest BCUT2D eigenvalue weighted by Gasteiger charge is -2.07. The molecular weight excluding hydrogens is 272 g/mol. The molecule has 0 aliphatic carbocycles. The maximum Gasteiger partial charge on any atom is 0.331 e. The Hall–Kier alpha value is -2.63. The summed E-state index contributed by atoms with van der Waals surface area (Å²) in [7, 11) is 0. The molecule has 0 unspecified atom stereocenters. The zero-order valence-electron chi connectivity index (χ0n) is 12.2. The van der Waals surface area contributed by atoms with Crippen LogP contribution in [-0.4, -0.2) is 30.3 Å². The average Bonchev–Trinajstić information content (AvgIpc) is 2.46. The first-order valence-corrected chi connectivity index (χ1v) is 6.36. The molecule has 21 heavy (non-hydrogen) atoms. The van der Waals surface area contributed by atoms with Crippen molar-refractivity contribution in [3.63, 3.8) is 0 Å². The number of carboxylic acid groups (broad SMARTS) is 1. The SMILES string of the molecule is C=C(/C=C\C=C(/CC)C(=O)O)/C(=C/C)OC/C=N/NC=O. The Balaban J connectivity index is 4.53. The predicted octanol–water partition coefficient (Wildman–Crippen LogP) is 2.17. The fourth-order valence-corrected chi connectivity index (χ4v) is 1.31. The number of ether oxygens (including phenoxy) is 1. The highest BCUT2D eigenvalue weighted by Crippen LogP contribution is 2.11. The van der Waals surface area contributed by atoms with Crippen LogP contribution in [0.3, 0.4) is 0 Å². The zero-order chi connectivity index (χ0) is 16.1. The number of hydrogen-bond acceptors (Lipinski definition) is 4. The summed E-state index contributed by atoms with van der Waals surface area (Å²) in [6, 6.07) is 0. The van der Waals surface area contributed by atoms with Gasteiger partial charge in [-0.3, -0.25) is 4.79 Å². The molecule has 6 heteroatoms. The fourth-order valence-electron chi connectivity index (χ4n) is 1.31. The van der Waals surface area contributed by atoms with Crippen LogP contribution in [0.1, 0.15) is 20.3 Å². The summed E-state index contributed by atoms with van der Waals surface area (Å²) in [6.45, 7) is 7.58. The molecule has 0 aliphatic rings. The quantitative estimate of drug-likeness (QED) is 0.161. The Morgan fingerprint density at radius 1 is 1.48 bits per heavy atom. The molecule has 0 saturated heterocycles. The maximum atomic E-state index is 10.8. The van der Waals surface area contributed by atoms with Gasteiger partial charge in [0.25, 0.3) is 0 Å². The van der Waals surface area contributed by atoms with Gasteiger partial charge in [-0.2, -0.15) is 5.10 Å². The topological polar surface area (TPSA) is 88.0 Å². The molecular formula is C15H20N2O4. The third-order valence-corrected chi connectivity index (χ3v) is 2.36. The molecule has 114 valence electrons. The van der Waals surface area contributed by atoms with Crippen molar-refractivity contribution in [1.29, 1.82) is 0 Å². The van der Waals surface area contributed by atoms with E-state index >= 15 is 0 Å². The first-order valence-electron chi connectivity index (χ1n) is 6.36. The standard InChI is InChI=1S/C15H20N2O4/c1-4-13(15(19)20)8-6-7-12(3)14(5-2)21-10-9-16-17-11-18/h5-9,11H,3-4,10H2,1-2H3,(H,17,18)(H,19,20)/b7-6-,13-8+,14-5-,16-9+. The molecule has 0 aliphatic heterocycles. The lowest BCUT2D eigenvalue weighted by Crippen LogP contribution is -2.04. The lowest BCUT2D eigenvalue weighted by molar-refractivity contribution is -0.132. The number of carbonyl (C=O) groups is 2. The summed E-state index contributed by atoms with van der Waals surface area (Å²) < 4.78 is 5.40. The Morgan fingerprint density at radius 3 is 2.71 bits per heavy atom.